The van der Waals surface area contributed by atoms with Gasteiger partial charge >= 0.3 is 12.1 Å². The Morgan fingerprint density at radius 3 is 1.58 bits per heavy atom. The number of methoxy groups -OCH3 is 1. The van der Waals surface area contributed by atoms with Gasteiger partial charge in [0, 0.05) is 0 Å². The molecule has 17 heteroatoms. The summed E-state index contributed by atoms with van der Waals surface area (Å²) >= 11 is 0. The average Bonchev–Trinajstić information content (AvgIpc) is 3.28. The number of ether oxygens (including phenoxy) is 2. The predicted molar refractivity (Wildman–Crippen MR) is 239 cm³/mol. The highest BCUT2D eigenvalue weighted by Gasteiger charge is 2.40. The molecular formula is C48H57N7O10. The molecule has 2 bridgehead atoms. The van der Waals surface area contributed by atoms with Crippen LogP contribution in [0.5, 0.6) is 0 Å². The van der Waals surface area contributed by atoms with Crippen LogP contribution in [0.4, 0.5) is 4.79 Å². The zero-order valence-electron chi connectivity index (χ0n) is 37.1. The average molecular weight is 892 g/mol. The largest absolute Gasteiger partial charge is 0.467 e. The number of hydrogen-bond acceptors (Lipinski definition) is 10. The number of carbonyl (C=O) groups excluding carboxylic acids is 8. The van der Waals surface area contributed by atoms with E-state index < -0.39 is 101 Å². The first kappa shape index (κ1) is 48.7. The lowest BCUT2D eigenvalue weighted by Gasteiger charge is -2.37. The van der Waals surface area contributed by atoms with Crippen molar-refractivity contribution in [1.82, 2.24) is 37.2 Å². The second-order valence-corrected chi connectivity index (χ2v) is 16.7. The van der Waals surface area contributed by atoms with E-state index in [-0.39, 0.29) is 25.7 Å². The molecule has 0 radical (unpaired) electrons. The molecule has 0 aliphatic carbocycles. The highest BCUT2D eigenvalue weighted by molar-refractivity contribution is 5.98. The Bertz CT molecular complexity index is 2150. The van der Waals surface area contributed by atoms with Crippen molar-refractivity contribution in [1.29, 1.82) is 0 Å². The molecule has 344 valence electrons. The first-order valence-electron chi connectivity index (χ1n) is 21.4. The van der Waals surface area contributed by atoms with Gasteiger partial charge in [0.2, 0.25) is 35.4 Å². The van der Waals surface area contributed by atoms with E-state index in [9.17, 15) is 38.4 Å². The molecule has 7 N–H and O–H groups in total. The quantitative estimate of drug-likeness (QED) is 0.0992. The first-order valence-corrected chi connectivity index (χ1v) is 21.4. The van der Waals surface area contributed by atoms with Crippen molar-refractivity contribution < 1.29 is 47.8 Å². The van der Waals surface area contributed by atoms with E-state index >= 15 is 0 Å². The Morgan fingerprint density at radius 2 is 1.08 bits per heavy atom. The third-order valence-corrected chi connectivity index (χ3v) is 10.6. The summed E-state index contributed by atoms with van der Waals surface area (Å²) in [4.78, 5) is 110. The van der Waals surface area contributed by atoms with Crippen LogP contribution in [0.3, 0.4) is 0 Å². The number of fused-ring (bicyclic) bond motifs is 3. The predicted octanol–water partition coefficient (Wildman–Crippen LogP) is 2.70. The van der Waals surface area contributed by atoms with Crippen LogP contribution in [0.2, 0.25) is 0 Å². The number of nitrogens with one attached hydrogen (secondary N) is 7. The Kier molecular flexibility index (Phi) is 16.8. The maximum Gasteiger partial charge on any atom is 0.408 e. The normalized spacial score (nSPS) is 23.6. The fourth-order valence-corrected chi connectivity index (χ4v) is 7.36. The van der Waals surface area contributed by atoms with Crippen molar-refractivity contribution >= 4 is 47.5 Å². The Balaban J connectivity index is 1.53. The molecule has 0 spiro atoms. The van der Waals surface area contributed by atoms with Gasteiger partial charge in [0.15, 0.2) is 0 Å². The van der Waals surface area contributed by atoms with Gasteiger partial charge < -0.3 is 46.7 Å². The molecule has 3 aromatic carbocycles. The van der Waals surface area contributed by atoms with E-state index in [0.29, 0.717) is 16.7 Å². The summed E-state index contributed by atoms with van der Waals surface area (Å²) in [5.41, 5.74) is -0.0497. The number of rotatable bonds is 8. The third-order valence-electron chi connectivity index (χ3n) is 10.6. The Morgan fingerprint density at radius 1 is 0.600 bits per heavy atom. The maximum atomic E-state index is 14.6. The molecule has 0 saturated heterocycles. The van der Waals surface area contributed by atoms with Crippen molar-refractivity contribution in [3.8, 4) is 0 Å². The van der Waals surface area contributed by atoms with E-state index in [1.807, 2.05) is 91.0 Å². The number of hydrogen-bond donors (Lipinski definition) is 7. The van der Waals surface area contributed by atoms with E-state index in [4.69, 9.17) is 9.47 Å². The molecule has 65 heavy (non-hydrogen) atoms. The second-order valence-electron chi connectivity index (χ2n) is 16.7. The minimum absolute atomic E-state index is 0.110. The van der Waals surface area contributed by atoms with Crippen LogP contribution in [0.1, 0.15) is 76.5 Å². The summed E-state index contributed by atoms with van der Waals surface area (Å²) in [5, 5.41) is 18.8. The van der Waals surface area contributed by atoms with E-state index in [2.05, 4.69) is 37.2 Å². The van der Waals surface area contributed by atoms with Gasteiger partial charge in [-0.05, 0) is 70.1 Å². The summed E-state index contributed by atoms with van der Waals surface area (Å²) in [6, 6.07) is 19.8. The van der Waals surface area contributed by atoms with Crippen LogP contribution in [0.25, 0.3) is 0 Å². The summed E-state index contributed by atoms with van der Waals surface area (Å²) in [7, 11) is 1.14. The molecule has 0 saturated carbocycles. The number of alkyl carbamates (subject to hydrolysis) is 1. The number of carbonyl (C=O) groups is 8. The molecule has 0 fully saturated rings. The second kappa shape index (κ2) is 22.4. The minimum Gasteiger partial charge on any atom is -0.467 e. The van der Waals surface area contributed by atoms with Crippen LogP contribution in [0, 0.1) is 0 Å². The molecule has 7 amide bonds. The number of benzene rings is 3. The minimum atomic E-state index is -1.61. The van der Waals surface area contributed by atoms with Gasteiger partial charge in [-0.1, -0.05) is 115 Å². The molecular weight excluding hydrogens is 835 g/mol. The highest BCUT2D eigenvalue weighted by Crippen LogP contribution is 2.37. The Hall–Kier alpha value is -7.30. The molecule has 3 aromatic rings. The van der Waals surface area contributed by atoms with Crippen LogP contribution in [-0.4, -0.2) is 96.5 Å². The van der Waals surface area contributed by atoms with Gasteiger partial charge in [0.1, 0.15) is 47.4 Å². The van der Waals surface area contributed by atoms with Crippen LogP contribution in [0.15, 0.2) is 115 Å². The van der Waals surface area contributed by atoms with Crippen LogP contribution in [-0.2, 0) is 48.6 Å². The van der Waals surface area contributed by atoms with Crippen LogP contribution >= 0.6 is 0 Å². The molecule has 0 aromatic heterocycles. The lowest BCUT2D eigenvalue weighted by Crippen LogP contribution is -2.60. The molecule has 5 rings (SSSR count). The number of amides is 7. The molecule has 0 unspecified atom stereocenters. The smallest absolute Gasteiger partial charge is 0.408 e. The Labute approximate surface area is 377 Å². The molecule has 17 nitrogen and oxygen atoms in total. The van der Waals surface area contributed by atoms with Gasteiger partial charge in [-0.25, -0.2) is 9.59 Å². The third kappa shape index (κ3) is 13.4. The fourth-order valence-electron chi connectivity index (χ4n) is 7.36. The first-order chi connectivity index (χ1) is 31.0. The van der Waals surface area contributed by atoms with Gasteiger partial charge in [-0.15, -0.1) is 0 Å². The standard InChI is InChI=1S/C48H57N7O10/c1-30-40(57)50-34-25-17-18-28-37(45(62)64-5)52-44(61)38(53-43(60)35(51-42(34)59)26-15-16-27-36(41(58)49-30)54-46(63)65-47(2,3)4)29-39(56)55-48(31-19-9-6-10-20-31,32-21-11-7-12-22-32)33-23-13-8-14-24-33/h6-24,30,34-38H,25-29H2,1-5H3,(H,49,58)(H,50,57)(H,51,59)(H,52,61)(H,53,60)(H,54,63)(H,55,56)/b16-15-,18-17+/t30-,34+,35-,36+,37-,38-/m0/s1. The molecule has 6 atom stereocenters. The number of esters is 1. The highest BCUT2D eigenvalue weighted by atomic mass is 16.6. The molecule has 2 aliphatic rings. The van der Waals surface area contributed by atoms with Crippen LogP contribution < -0.4 is 37.2 Å². The SMILES string of the molecule is COC(=O)[C@@H]1C/C=C/C[C@H]2NC(=O)[C@H](C)NC(=O)[C@H](NC(=O)OC(C)(C)C)C/C=C\C[C@H](NC2=O)C(=O)N[C@@H](CC(=O)NC(c2ccccc2)(c2ccccc2)c2ccccc2)C(=O)N1. The summed E-state index contributed by atoms with van der Waals surface area (Å²) < 4.78 is 10.3. The zero-order valence-corrected chi connectivity index (χ0v) is 37.1. The summed E-state index contributed by atoms with van der Waals surface area (Å²) in [6.45, 7) is 6.37. The van der Waals surface area contributed by atoms with Crippen molar-refractivity contribution in [3.05, 3.63) is 132 Å². The molecule has 2 heterocycles. The fraction of sp³-hybridized carbons (Fsp3) is 0.375. The van der Waals surface area contributed by atoms with Gasteiger partial charge in [0.05, 0.1) is 13.5 Å². The lowest BCUT2D eigenvalue weighted by atomic mass is 9.77. The topological polar surface area (TPSA) is 239 Å². The lowest BCUT2D eigenvalue weighted by molar-refractivity contribution is -0.145. The monoisotopic (exact) mass is 891 g/mol. The summed E-state index contributed by atoms with van der Waals surface area (Å²) in [5.74, 6) is -5.48. The zero-order chi connectivity index (χ0) is 47.1. The van der Waals surface area contributed by atoms with E-state index in [1.165, 1.54) is 31.2 Å². The van der Waals surface area contributed by atoms with Crippen molar-refractivity contribution in [2.24, 2.45) is 0 Å². The van der Waals surface area contributed by atoms with Gasteiger partial charge in [-0.2, -0.15) is 0 Å². The van der Waals surface area contributed by atoms with E-state index in [0.717, 1.165) is 7.11 Å². The van der Waals surface area contributed by atoms with Gasteiger partial charge in [0.25, 0.3) is 0 Å². The van der Waals surface area contributed by atoms with E-state index in [1.54, 1.807) is 20.8 Å². The molecule has 2 aliphatic heterocycles. The van der Waals surface area contributed by atoms with Crippen molar-refractivity contribution in [2.75, 3.05) is 7.11 Å². The van der Waals surface area contributed by atoms with Crippen molar-refractivity contribution in [3.63, 3.8) is 0 Å². The summed E-state index contributed by atoms with van der Waals surface area (Å²) in [6.07, 6.45) is 3.99. The maximum absolute atomic E-state index is 14.6. The van der Waals surface area contributed by atoms with Gasteiger partial charge in [-0.3, -0.25) is 28.8 Å². The van der Waals surface area contributed by atoms with Crippen molar-refractivity contribution in [2.45, 2.75) is 107 Å².